The van der Waals surface area contributed by atoms with Crippen molar-refractivity contribution in [3.63, 3.8) is 0 Å². The van der Waals surface area contributed by atoms with Crippen molar-refractivity contribution in [1.82, 2.24) is 4.90 Å². The summed E-state index contributed by atoms with van der Waals surface area (Å²) in [6.07, 6.45) is 5.25. The molecule has 1 fully saturated rings. The van der Waals surface area contributed by atoms with E-state index >= 15 is 0 Å². The van der Waals surface area contributed by atoms with Crippen molar-refractivity contribution < 1.29 is 5.11 Å². The first-order valence-electron chi connectivity index (χ1n) is 6.30. The zero-order valence-corrected chi connectivity index (χ0v) is 12.1. The van der Waals surface area contributed by atoms with Gasteiger partial charge in [-0.3, -0.25) is 4.90 Å². The van der Waals surface area contributed by atoms with Gasteiger partial charge >= 0.3 is 0 Å². The van der Waals surface area contributed by atoms with Gasteiger partial charge in [0.15, 0.2) is 0 Å². The summed E-state index contributed by atoms with van der Waals surface area (Å²) < 4.78 is 1.02. The number of nitrogens with zero attached hydrogens (tertiary/aromatic N) is 1. The number of rotatable bonds is 3. The lowest BCUT2D eigenvalue weighted by Crippen LogP contribution is -2.31. The topological polar surface area (TPSA) is 23.5 Å². The van der Waals surface area contributed by atoms with E-state index < -0.39 is 0 Å². The Morgan fingerprint density at radius 1 is 1.35 bits per heavy atom. The molecule has 0 spiro atoms. The van der Waals surface area contributed by atoms with Crippen LogP contribution in [0.15, 0.2) is 22.7 Å². The van der Waals surface area contributed by atoms with Crippen LogP contribution in [0.5, 0.6) is 5.75 Å². The summed E-state index contributed by atoms with van der Waals surface area (Å²) in [4.78, 5) is 2.40. The average molecular weight is 298 g/mol. The fourth-order valence-corrected chi connectivity index (χ4v) is 3.09. The van der Waals surface area contributed by atoms with Gasteiger partial charge in [0.1, 0.15) is 5.75 Å². The summed E-state index contributed by atoms with van der Waals surface area (Å²) in [5.41, 5.74) is 1.01. The highest BCUT2D eigenvalue weighted by molar-refractivity contribution is 9.10. The minimum absolute atomic E-state index is 0.260. The molecule has 1 aromatic carbocycles. The minimum atomic E-state index is 0.260. The average Bonchev–Trinajstić information content (AvgIpc) is 2.84. The molecule has 1 aromatic rings. The monoisotopic (exact) mass is 297 g/mol. The SMILES string of the molecule is CC(c1cc(Br)ccc1O)N(C)C1CCCC1. The molecule has 0 radical (unpaired) electrons. The second-order valence-electron chi connectivity index (χ2n) is 4.98. The van der Waals surface area contributed by atoms with E-state index in [-0.39, 0.29) is 6.04 Å². The Morgan fingerprint density at radius 2 is 2.00 bits per heavy atom. The van der Waals surface area contributed by atoms with Crippen LogP contribution in [-0.4, -0.2) is 23.1 Å². The number of benzene rings is 1. The molecule has 2 rings (SSSR count). The lowest BCUT2D eigenvalue weighted by Gasteiger charge is -2.31. The van der Waals surface area contributed by atoms with E-state index in [9.17, 15) is 5.11 Å². The molecule has 1 aliphatic carbocycles. The number of aromatic hydroxyl groups is 1. The van der Waals surface area contributed by atoms with Crippen LogP contribution >= 0.6 is 15.9 Å². The number of hydrogen-bond donors (Lipinski definition) is 1. The van der Waals surface area contributed by atoms with E-state index in [0.29, 0.717) is 11.8 Å². The zero-order valence-electron chi connectivity index (χ0n) is 10.5. The second kappa shape index (κ2) is 5.40. The summed E-state index contributed by atoms with van der Waals surface area (Å²) in [5.74, 6) is 0.394. The van der Waals surface area contributed by atoms with E-state index in [4.69, 9.17) is 0 Å². The lowest BCUT2D eigenvalue weighted by atomic mass is 10.0. The van der Waals surface area contributed by atoms with Gasteiger partial charge in [0.2, 0.25) is 0 Å². The third kappa shape index (κ3) is 2.83. The molecule has 3 heteroatoms. The summed E-state index contributed by atoms with van der Waals surface area (Å²) in [5, 5.41) is 9.95. The van der Waals surface area contributed by atoms with E-state index in [1.165, 1.54) is 25.7 Å². The van der Waals surface area contributed by atoms with E-state index in [1.807, 2.05) is 12.1 Å². The van der Waals surface area contributed by atoms with Crippen LogP contribution in [-0.2, 0) is 0 Å². The Labute approximate surface area is 112 Å². The highest BCUT2D eigenvalue weighted by Crippen LogP contribution is 2.34. The molecular weight excluding hydrogens is 278 g/mol. The van der Waals surface area contributed by atoms with Crippen molar-refractivity contribution in [3.8, 4) is 5.75 Å². The fourth-order valence-electron chi connectivity index (χ4n) is 2.71. The van der Waals surface area contributed by atoms with Crippen LogP contribution in [0.25, 0.3) is 0 Å². The van der Waals surface area contributed by atoms with Crippen molar-refractivity contribution in [2.45, 2.75) is 44.7 Å². The number of phenols is 1. The fraction of sp³-hybridized carbons (Fsp3) is 0.571. The minimum Gasteiger partial charge on any atom is -0.508 e. The molecule has 0 aliphatic heterocycles. The molecule has 1 unspecified atom stereocenters. The first-order chi connectivity index (χ1) is 8.09. The molecule has 94 valence electrons. The van der Waals surface area contributed by atoms with Gasteiger partial charge in [0.25, 0.3) is 0 Å². The first kappa shape index (κ1) is 12.9. The Balaban J connectivity index is 2.17. The molecule has 0 saturated heterocycles. The van der Waals surface area contributed by atoms with Gasteiger partial charge in [-0.05, 0) is 45.0 Å². The molecule has 0 bridgehead atoms. The van der Waals surface area contributed by atoms with Gasteiger partial charge in [0.05, 0.1) is 0 Å². The smallest absolute Gasteiger partial charge is 0.120 e. The van der Waals surface area contributed by atoms with Gasteiger partial charge in [-0.15, -0.1) is 0 Å². The molecule has 1 N–H and O–H groups in total. The lowest BCUT2D eigenvalue weighted by molar-refractivity contribution is 0.185. The van der Waals surface area contributed by atoms with Crippen LogP contribution in [0.4, 0.5) is 0 Å². The number of phenolic OH excluding ortho intramolecular Hbond substituents is 1. The van der Waals surface area contributed by atoms with Gasteiger partial charge < -0.3 is 5.11 Å². The predicted molar refractivity (Wildman–Crippen MR) is 74.2 cm³/mol. The van der Waals surface area contributed by atoms with Gasteiger partial charge in [-0.2, -0.15) is 0 Å². The summed E-state index contributed by atoms with van der Waals surface area (Å²) in [6, 6.07) is 6.59. The molecule has 17 heavy (non-hydrogen) atoms. The van der Waals surface area contributed by atoms with Crippen LogP contribution < -0.4 is 0 Å². The third-order valence-corrected chi connectivity index (χ3v) is 4.44. The molecule has 0 heterocycles. The van der Waals surface area contributed by atoms with Crippen LogP contribution in [0.3, 0.4) is 0 Å². The Kier molecular flexibility index (Phi) is 4.10. The Hall–Kier alpha value is -0.540. The van der Waals surface area contributed by atoms with Gasteiger partial charge in [-0.1, -0.05) is 28.8 Å². The largest absolute Gasteiger partial charge is 0.508 e. The Morgan fingerprint density at radius 3 is 2.65 bits per heavy atom. The summed E-state index contributed by atoms with van der Waals surface area (Å²) in [7, 11) is 2.17. The Bertz CT molecular complexity index is 388. The maximum absolute atomic E-state index is 9.95. The van der Waals surface area contributed by atoms with Crippen molar-refractivity contribution in [2.24, 2.45) is 0 Å². The predicted octanol–water partition coefficient (Wildman–Crippen LogP) is 4.09. The first-order valence-corrected chi connectivity index (χ1v) is 7.09. The van der Waals surface area contributed by atoms with Crippen LogP contribution in [0, 0.1) is 0 Å². The highest BCUT2D eigenvalue weighted by atomic mass is 79.9. The standard InChI is InChI=1S/C14H20BrNO/c1-10(16(2)12-5-3-4-6-12)13-9-11(15)7-8-14(13)17/h7-10,12,17H,3-6H2,1-2H3. The summed E-state index contributed by atoms with van der Waals surface area (Å²) in [6.45, 7) is 2.17. The molecule has 1 aliphatic rings. The summed E-state index contributed by atoms with van der Waals surface area (Å²) >= 11 is 3.47. The maximum Gasteiger partial charge on any atom is 0.120 e. The van der Waals surface area contributed by atoms with E-state index in [2.05, 4.69) is 34.8 Å². The molecular formula is C14H20BrNO. The molecule has 1 atom stereocenters. The molecule has 2 nitrogen and oxygen atoms in total. The van der Waals surface area contributed by atoms with Crippen molar-refractivity contribution >= 4 is 15.9 Å². The van der Waals surface area contributed by atoms with Crippen LogP contribution in [0.2, 0.25) is 0 Å². The number of hydrogen-bond acceptors (Lipinski definition) is 2. The second-order valence-corrected chi connectivity index (χ2v) is 5.90. The quantitative estimate of drug-likeness (QED) is 0.908. The molecule has 0 aromatic heterocycles. The van der Waals surface area contributed by atoms with Crippen molar-refractivity contribution in [3.05, 3.63) is 28.2 Å². The van der Waals surface area contributed by atoms with E-state index in [1.54, 1.807) is 6.07 Å². The normalized spacial score (nSPS) is 18.8. The number of halogens is 1. The van der Waals surface area contributed by atoms with Crippen molar-refractivity contribution in [2.75, 3.05) is 7.05 Å². The maximum atomic E-state index is 9.95. The molecule has 0 amide bonds. The third-order valence-electron chi connectivity index (χ3n) is 3.95. The van der Waals surface area contributed by atoms with Gasteiger partial charge in [0, 0.05) is 22.1 Å². The zero-order chi connectivity index (χ0) is 12.4. The van der Waals surface area contributed by atoms with E-state index in [0.717, 1.165) is 10.0 Å². The molecule has 1 saturated carbocycles. The van der Waals surface area contributed by atoms with Gasteiger partial charge in [-0.25, -0.2) is 0 Å². The van der Waals surface area contributed by atoms with Crippen molar-refractivity contribution in [1.29, 1.82) is 0 Å². The highest BCUT2D eigenvalue weighted by Gasteiger charge is 2.25. The van der Waals surface area contributed by atoms with Crippen LogP contribution in [0.1, 0.15) is 44.2 Å².